The Morgan fingerprint density at radius 1 is 1.21 bits per heavy atom. The molecule has 0 spiro atoms. The highest BCUT2D eigenvalue weighted by atomic mass is 16.8. The van der Waals surface area contributed by atoms with Gasteiger partial charge in [-0.2, -0.15) is 0 Å². The monoisotopic (exact) mass is 337 g/mol. The Hall–Kier alpha value is -2.64. The van der Waals surface area contributed by atoms with Crippen molar-refractivity contribution >= 4 is 17.8 Å². The van der Waals surface area contributed by atoms with Gasteiger partial charge in [-0.25, -0.2) is 9.59 Å². The molecule has 1 aliphatic rings. The number of rotatable bonds is 5. The Bertz CT molecular complexity index is 610. The first kappa shape index (κ1) is 17.7. The van der Waals surface area contributed by atoms with E-state index in [1.807, 2.05) is 0 Å². The third-order valence-electron chi connectivity index (χ3n) is 3.64. The van der Waals surface area contributed by atoms with Crippen LogP contribution in [-0.2, 0) is 14.2 Å². The number of hydrogen-bond acceptors (Lipinski definition) is 7. The van der Waals surface area contributed by atoms with Gasteiger partial charge >= 0.3 is 12.1 Å². The number of benzene rings is 1. The van der Waals surface area contributed by atoms with Crippen LogP contribution in [-0.4, -0.2) is 29.4 Å². The summed E-state index contributed by atoms with van der Waals surface area (Å²) in [6, 6.07) is 5.10. The fraction of sp³-hybridized carbons (Fsp3) is 0.500. The van der Waals surface area contributed by atoms with Gasteiger partial charge in [0.15, 0.2) is 0 Å². The molecule has 0 amide bonds. The molecule has 1 atom stereocenters. The van der Waals surface area contributed by atoms with Crippen molar-refractivity contribution in [1.82, 2.24) is 0 Å². The zero-order valence-electron chi connectivity index (χ0n) is 13.3. The number of nitrogens with zero attached hydrogens (tertiary/aromatic N) is 1. The minimum atomic E-state index is -1.16. The van der Waals surface area contributed by atoms with Crippen molar-refractivity contribution in [3.63, 3.8) is 0 Å². The van der Waals surface area contributed by atoms with Crippen molar-refractivity contribution < 1.29 is 28.7 Å². The molecule has 1 saturated carbocycles. The van der Waals surface area contributed by atoms with Crippen molar-refractivity contribution in [2.75, 3.05) is 0 Å². The first-order valence-electron chi connectivity index (χ1n) is 7.78. The molecular weight excluding hydrogens is 318 g/mol. The van der Waals surface area contributed by atoms with Crippen LogP contribution in [0.15, 0.2) is 24.3 Å². The Kier molecular flexibility index (Phi) is 6.11. The van der Waals surface area contributed by atoms with Crippen molar-refractivity contribution in [1.29, 1.82) is 0 Å². The van der Waals surface area contributed by atoms with Crippen LogP contribution in [0.3, 0.4) is 0 Å². The van der Waals surface area contributed by atoms with Gasteiger partial charge in [0.25, 0.3) is 5.69 Å². The largest absolute Gasteiger partial charge is 0.511 e. The summed E-state index contributed by atoms with van der Waals surface area (Å²) >= 11 is 0. The van der Waals surface area contributed by atoms with E-state index in [1.165, 1.54) is 25.1 Å². The first-order chi connectivity index (χ1) is 11.5. The molecule has 1 aromatic carbocycles. The van der Waals surface area contributed by atoms with E-state index < -0.39 is 23.3 Å². The smallest absolute Gasteiger partial charge is 0.431 e. The topological polar surface area (TPSA) is 105 Å². The molecule has 0 heterocycles. The highest BCUT2D eigenvalue weighted by Crippen LogP contribution is 2.21. The van der Waals surface area contributed by atoms with E-state index in [-0.39, 0.29) is 17.4 Å². The molecule has 24 heavy (non-hydrogen) atoms. The van der Waals surface area contributed by atoms with Crippen LogP contribution in [0.5, 0.6) is 0 Å². The summed E-state index contributed by atoms with van der Waals surface area (Å²) in [5.41, 5.74) is -0.227. The maximum atomic E-state index is 11.9. The molecule has 8 nitrogen and oxygen atoms in total. The molecule has 0 aromatic heterocycles. The number of carbonyl (C=O) groups is 2. The second-order valence-electron chi connectivity index (χ2n) is 5.53. The van der Waals surface area contributed by atoms with E-state index >= 15 is 0 Å². The fourth-order valence-corrected chi connectivity index (χ4v) is 2.47. The zero-order chi connectivity index (χ0) is 17.5. The van der Waals surface area contributed by atoms with E-state index in [1.54, 1.807) is 0 Å². The minimum absolute atomic E-state index is 0.000276. The van der Waals surface area contributed by atoms with Gasteiger partial charge in [0.05, 0.1) is 10.5 Å². The molecule has 0 radical (unpaired) electrons. The Labute approximate surface area is 138 Å². The first-order valence-corrected chi connectivity index (χ1v) is 7.78. The summed E-state index contributed by atoms with van der Waals surface area (Å²) in [6.07, 6.45) is 2.55. The summed E-state index contributed by atoms with van der Waals surface area (Å²) in [5.74, 6) is -0.823. The van der Waals surface area contributed by atoms with E-state index in [2.05, 4.69) is 0 Å². The van der Waals surface area contributed by atoms with Crippen molar-refractivity contribution in [2.45, 2.75) is 51.4 Å². The standard InChI is InChI=1S/C16H19NO7/c1-11(23-16(19)24-14-8-3-2-4-9-14)22-15(18)12-6-5-7-13(10-12)17(20)21/h5-7,10-11,14H,2-4,8-9H2,1H3. The molecule has 1 aromatic rings. The lowest BCUT2D eigenvalue weighted by Crippen LogP contribution is -2.26. The fourth-order valence-electron chi connectivity index (χ4n) is 2.47. The molecule has 1 unspecified atom stereocenters. The highest BCUT2D eigenvalue weighted by molar-refractivity contribution is 5.90. The second-order valence-corrected chi connectivity index (χ2v) is 5.53. The quantitative estimate of drug-likeness (QED) is 0.350. The predicted octanol–water partition coefficient (Wildman–Crippen LogP) is 3.58. The van der Waals surface area contributed by atoms with Gasteiger partial charge in [0.2, 0.25) is 6.29 Å². The molecule has 8 heteroatoms. The maximum absolute atomic E-state index is 11.9. The summed E-state index contributed by atoms with van der Waals surface area (Å²) in [4.78, 5) is 33.7. The van der Waals surface area contributed by atoms with Crippen molar-refractivity contribution in [2.24, 2.45) is 0 Å². The number of non-ortho nitro benzene ring substituents is 1. The molecule has 0 N–H and O–H groups in total. The van der Waals surface area contributed by atoms with Gasteiger partial charge < -0.3 is 14.2 Å². The Morgan fingerprint density at radius 3 is 2.58 bits per heavy atom. The number of esters is 1. The predicted molar refractivity (Wildman–Crippen MR) is 82.4 cm³/mol. The summed E-state index contributed by atoms with van der Waals surface area (Å²) in [6.45, 7) is 1.37. The highest BCUT2D eigenvalue weighted by Gasteiger charge is 2.22. The summed E-state index contributed by atoms with van der Waals surface area (Å²) in [5, 5.41) is 10.7. The van der Waals surface area contributed by atoms with Crippen LogP contribution in [0.2, 0.25) is 0 Å². The number of hydrogen-bond donors (Lipinski definition) is 0. The van der Waals surface area contributed by atoms with E-state index in [9.17, 15) is 19.7 Å². The molecule has 130 valence electrons. The lowest BCUT2D eigenvalue weighted by molar-refractivity contribution is -0.384. The number of nitro groups is 1. The second kappa shape index (κ2) is 8.28. The van der Waals surface area contributed by atoms with E-state index in [4.69, 9.17) is 14.2 Å². The van der Waals surface area contributed by atoms with Crippen LogP contribution < -0.4 is 0 Å². The SMILES string of the molecule is CC(OC(=O)OC1CCCCC1)OC(=O)c1cccc([N+](=O)[O-])c1. The molecule has 1 aliphatic carbocycles. The van der Waals surface area contributed by atoms with Gasteiger partial charge in [-0.1, -0.05) is 12.5 Å². The third kappa shape index (κ3) is 5.22. The normalized spacial score (nSPS) is 16.0. The van der Waals surface area contributed by atoms with Crippen LogP contribution in [0, 0.1) is 10.1 Å². The van der Waals surface area contributed by atoms with Gasteiger partial charge in [0.1, 0.15) is 6.10 Å². The molecule has 1 fully saturated rings. The number of carbonyl (C=O) groups excluding carboxylic acids is 2. The Morgan fingerprint density at radius 2 is 1.92 bits per heavy atom. The average Bonchev–Trinajstić information content (AvgIpc) is 2.55. The van der Waals surface area contributed by atoms with Crippen molar-refractivity contribution in [3.05, 3.63) is 39.9 Å². The van der Waals surface area contributed by atoms with Gasteiger partial charge in [-0.15, -0.1) is 0 Å². The van der Waals surface area contributed by atoms with Crippen LogP contribution in [0.25, 0.3) is 0 Å². The molecule has 0 bridgehead atoms. The Balaban J connectivity index is 1.83. The van der Waals surface area contributed by atoms with E-state index in [0.29, 0.717) is 0 Å². The molecule has 0 saturated heterocycles. The van der Waals surface area contributed by atoms with Crippen molar-refractivity contribution in [3.8, 4) is 0 Å². The number of nitro benzene ring substituents is 1. The third-order valence-corrected chi connectivity index (χ3v) is 3.64. The van der Waals surface area contributed by atoms with Gasteiger partial charge in [0, 0.05) is 19.1 Å². The zero-order valence-corrected chi connectivity index (χ0v) is 13.3. The van der Waals surface area contributed by atoms with Crippen LogP contribution in [0.1, 0.15) is 49.4 Å². The van der Waals surface area contributed by atoms with Crippen LogP contribution in [0.4, 0.5) is 10.5 Å². The van der Waals surface area contributed by atoms with Crippen LogP contribution >= 0.6 is 0 Å². The average molecular weight is 337 g/mol. The lowest BCUT2D eigenvalue weighted by atomic mass is 9.98. The minimum Gasteiger partial charge on any atom is -0.431 e. The molecular formula is C16H19NO7. The molecule has 2 rings (SSSR count). The lowest BCUT2D eigenvalue weighted by Gasteiger charge is -2.22. The maximum Gasteiger partial charge on any atom is 0.511 e. The summed E-state index contributed by atoms with van der Waals surface area (Å²) < 4.78 is 15.0. The molecule has 0 aliphatic heterocycles. The number of ether oxygens (including phenoxy) is 3. The van der Waals surface area contributed by atoms with E-state index in [0.717, 1.165) is 38.2 Å². The van der Waals surface area contributed by atoms with Gasteiger partial charge in [-0.3, -0.25) is 10.1 Å². The van der Waals surface area contributed by atoms with Gasteiger partial charge in [-0.05, 0) is 31.7 Å². The summed E-state index contributed by atoms with van der Waals surface area (Å²) in [7, 11) is 0.